The average molecular weight is 296 g/mol. The second-order valence-electron chi connectivity index (χ2n) is 5.92. The van der Waals surface area contributed by atoms with Crippen LogP contribution in [-0.2, 0) is 13.1 Å². The molecule has 0 aliphatic carbocycles. The molecule has 0 spiro atoms. The average Bonchev–Trinajstić information content (AvgIpc) is 2.58. The number of benzene rings is 2. The summed E-state index contributed by atoms with van der Waals surface area (Å²) >= 11 is 0. The Morgan fingerprint density at radius 3 is 1.77 bits per heavy atom. The fourth-order valence-electron chi connectivity index (χ4n) is 2.70. The summed E-state index contributed by atoms with van der Waals surface area (Å²) in [6.45, 7) is 6.39. The molecule has 0 unspecified atom stereocenters. The van der Waals surface area contributed by atoms with E-state index in [4.69, 9.17) is 0 Å². The first-order valence-corrected chi connectivity index (χ1v) is 8.34. The molecule has 0 aliphatic heterocycles. The predicted molar refractivity (Wildman–Crippen MR) is 94.7 cm³/mol. The van der Waals surface area contributed by atoms with E-state index in [-0.39, 0.29) is 0 Å². The Balaban J connectivity index is 1.83. The van der Waals surface area contributed by atoms with Crippen LogP contribution >= 0.6 is 0 Å². The molecule has 2 N–H and O–H groups in total. The smallest absolute Gasteiger partial charge is 0.0221 e. The normalized spacial score (nSPS) is 13.7. The highest BCUT2D eigenvalue weighted by atomic mass is 15.0. The predicted octanol–water partition coefficient (Wildman–Crippen LogP) is 4.12. The molecule has 0 saturated carbocycles. The molecule has 2 heteroatoms. The van der Waals surface area contributed by atoms with Gasteiger partial charge >= 0.3 is 0 Å². The van der Waals surface area contributed by atoms with E-state index in [0.29, 0.717) is 12.1 Å². The Labute approximate surface area is 135 Å². The van der Waals surface area contributed by atoms with Crippen LogP contribution in [0.3, 0.4) is 0 Å². The van der Waals surface area contributed by atoms with Crippen LogP contribution in [0.15, 0.2) is 60.7 Å². The molecule has 0 radical (unpaired) electrons. The molecule has 0 bridgehead atoms. The van der Waals surface area contributed by atoms with E-state index in [9.17, 15) is 0 Å². The number of hydrogen-bond donors (Lipinski definition) is 2. The van der Waals surface area contributed by atoms with Crippen LogP contribution in [0.25, 0.3) is 0 Å². The van der Waals surface area contributed by atoms with Gasteiger partial charge in [-0.1, -0.05) is 74.0 Å². The minimum absolute atomic E-state index is 0.448. The Kier molecular flexibility index (Phi) is 7.14. The first kappa shape index (κ1) is 16.7. The molecular weight excluding hydrogens is 268 g/mol. The van der Waals surface area contributed by atoms with Gasteiger partial charge in [-0.25, -0.2) is 0 Å². The van der Waals surface area contributed by atoms with Crippen LogP contribution in [0.1, 0.15) is 37.8 Å². The highest BCUT2D eigenvalue weighted by Crippen LogP contribution is 2.07. The molecule has 2 nitrogen and oxygen atoms in total. The van der Waals surface area contributed by atoms with Gasteiger partial charge < -0.3 is 10.6 Å². The minimum atomic E-state index is 0.448. The van der Waals surface area contributed by atoms with Gasteiger partial charge in [0.05, 0.1) is 0 Å². The van der Waals surface area contributed by atoms with Crippen molar-refractivity contribution >= 4 is 0 Å². The number of rotatable bonds is 9. The molecule has 0 saturated heterocycles. The van der Waals surface area contributed by atoms with E-state index in [2.05, 4.69) is 85.1 Å². The van der Waals surface area contributed by atoms with Crippen LogP contribution in [0.5, 0.6) is 0 Å². The zero-order chi connectivity index (χ0) is 15.6. The van der Waals surface area contributed by atoms with Crippen molar-refractivity contribution in [2.75, 3.05) is 0 Å². The second kappa shape index (κ2) is 9.39. The molecule has 2 aromatic carbocycles. The molecule has 0 aliphatic rings. The van der Waals surface area contributed by atoms with Gasteiger partial charge in [0.25, 0.3) is 0 Å². The summed E-state index contributed by atoms with van der Waals surface area (Å²) in [6.07, 6.45) is 2.39. The SMILES string of the molecule is CCC[C@@H](NCc1ccccc1)[C@H](C)NCc1ccccc1. The number of hydrogen-bond acceptors (Lipinski definition) is 2. The molecular formula is C20H28N2. The van der Waals surface area contributed by atoms with Crippen molar-refractivity contribution in [1.29, 1.82) is 0 Å². The molecule has 0 heterocycles. The lowest BCUT2D eigenvalue weighted by Gasteiger charge is -2.26. The summed E-state index contributed by atoms with van der Waals surface area (Å²) in [6, 6.07) is 22.2. The van der Waals surface area contributed by atoms with E-state index in [1.54, 1.807) is 0 Å². The van der Waals surface area contributed by atoms with Crippen molar-refractivity contribution < 1.29 is 0 Å². The quantitative estimate of drug-likeness (QED) is 0.727. The van der Waals surface area contributed by atoms with E-state index < -0.39 is 0 Å². The Morgan fingerprint density at radius 2 is 1.27 bits per heavy atom. The molecule has 0 amide bonds. The summed E-state index contributed by atoms with van der Waals surface area (Å²) < 4.78 is 0. The lowest BCUT2D eigenvalue weighted by atomic mass is 10.0. The van der Waals surface area contributed by atoms with Crippen molar-refractivity contribution in [1.82, 2.24) is 10.6 Å². The zero-order valence-corrected chi connectivity index (χ0v) is 13.8. The maximum Gasteiger partial charge on any atom is 0.0221 e. The lowest BCUT2D eigenvalue weighted by molar-refractivity contribution is 0.363. The molecule has 2 atom stereocenters. The lowest BCUT2D eigenvalue weighted by Crippen LogP contribution is -2.45. The van der Waals surface area contributed by atoms with Gasteiger partial charge in [-0.05, 0) is 24.5 Å². The van der Waals surface area contributed by atoms with Crippen LogP contribution in [0.4, 0.5) is 0 Å². The Bertz CT molecular complexity index is 510. The van der Waals surface area contributed by atoms with E-state index in [1.807, 2.05) is 0 Å². The molecule has 0 fully saturated rings. The molecule has 2 rings (SSSR count). The third-order valence-corrected chi connectivity index (χ3v) is 4.09. The van der Waals surface area contributed by atoms with Gasteiger partial charge in [0.1, 0.15) is 0 Å². The van der Waals surface area contributed by atoms with Crippen molar-refractivity contribution in [2.45, 2.75) is 51.9 Å². The van der Waals surface area contributed by atoms with E-state index >= 15 is 0 Å². The highest BCUT2D eigenvalue weighted by molar-refractivity contribution is 5.15. The highest BCUT2D eigenvalue weighted by Gasteiger charge is 2.15. The third kappa shape index (κ3) is 5.63. The third-order valence-electron chi connectivity index (χ3n) is 4.09. The van der Waals surface area contributed by atoms with Gasteiger partial charge in [0, 0.05) is 25.2 Å². The van der Waals surface area contributed by atoms with Crippen LogP contribution in [0, 0.1) is 0 Å². The monoisotopic (exact) mass is 296 g/mol. The van der Waals surface area contributed by atoms with Crippen LogP contribution in [-0.4, -0.2) is 12.1 Å². The van der Waals surface area contributed by atoms with Crippen molar-refractivity contribution in [3.8, 4) is 0 Å². The first-order chi connectivity index (χ1) is 10.8. The van der Waals surface area contributed by atoms with Crippen LogP contribution < -0.4 is 10.6 Å². The first-order valence-electron chi connectivity index (χ1n) is 8.34. The Hall–Kier alpha value is -1.64. The number of nitrogens with one attached hydrogen (secondary N) is 2. The molecule has 22 heavy (non-hydrogen) atoms. The summed E-state index contributed by atoms with van der Waals surface area (Å²) in [5.74, 6) is 0. The van der Waals surface area contributed by atoms with Gasteiger partial charge in [-0.15, -0.1) is 0 Å². The van der Waals surface area contributed by atoms with Crippen LogP contribution in [0.2, 0.25) is 0 Å². The van der Waals surface area contributed by atoms with Gasteiger partial charge in [0.15, 0.2) is 0 Å². The van der Waals surface area contributed by atoms with Crippen molar-refractivity contribution in [2.24, 2.45) is 0 Å². The maximum atomic E-state index is 3.71. The fourth-order valence-corrected chi connectivity index (χ4v) is 2.70. The molecule has 0 aromatic heterocycles. The summed E-state index contributed by atoms with van der Waals surface area (Å²) in [7, 11) is 0. The van der Waals surface area contributed by atoms with Gasteiger partial charge in [-0.3, -0.25) is 0 Å². The maximum absolute atomic E-state index is 3.71. The van der Waals surface area contributed by atoms with E-state index in [0.717, 1.165) is 13.1 Å². The topological polar surface area (TPSA) is 24.1 Å². The van der Waals surface area contributed by atoms with Crippen molar-refractivity contribution in [3.05, 3.63) is 71.8 Å². The van der Waals surface area contributed by atoms with Gasteiger partial charge in [-0.2, -0.15) is 0 Å². The fraction of sp³-hybridized carbons (Fsp3) is 0.400. The van der Waals surface area contributed by atoms with E-state index in [1.165, 1.54) is 24.0 Å². The standard InChI is InChI=1S/C20H28N2/c1-3-10-20(22-16-19-13-8-5-9-14-19)17(2)21-15-18-11-6-4-7-12-18/h4-9,11-14,17,20-22H,3,10,15-16H2,1-2H3/t17-,20+/m0/s1. The largest absolute Gasteiger partial charge is 0.309 e. The second-order valence-corrected chi connectivity index (χ2v) is 5.92. The summed E-state index contributed by atoms with van der Waals surface area (Å²) in [4.78, 5) is 0. The minimum Gasteiger partial charge on any atom is -0.309 e. The van der Waals surface area contributed by atoms with Gasteiger partial charge in [0.2, 0.25) is 0 Å². The Morgan fingerprint density at radius 1 is 0.773 bits per heavy atom. The zero-order valence-electron chi connectivity index (χ0n) is 13.8. The molecule has 118 valence electrons. The summed E-state index contributed by atoms with van der Waals surface area (Å²) in [5.41, 5.74) is 2.69. The summed E-state index contributed by atoms with van der Waals surface area (Å²) in [5, 5.41) is 7.37. The molecule has 2 aromatic rings. The van der Waals surface area contributed by atoms with Crippen molar-refractivity contribution in [3.63, 3.8) is 0 Å².